The number of piperazine rings is 1. The summed E-state index contributed by atoms with van der Waals surface area (Å²) < 4.78 is 0. The van der Waals surface area contributed by atoms with E-state index in [1.54, 1.807) is 0 Å². The third-order valence-electron chi connectivity index (χ3n) is 4.19. The van der Waals surface area contributed by atoms with Crippen molar-refractivity contribution in [3.63, 3.8) is 0 Å². The van der Waals surface area contributed by atoms with Crippen LogP contribution >= 0.6 is 15.9 Å². The number of hydrogen-bond donors (Lipinski definition) is 0. The standard InChI is InChI=1S/C18H21BrN2/c1-20-11-12-21(17-9-7-15(13-19)8-10-17)18(14-20)16-5-3-2-4-6-16/h2-10,18H,11-14H2,1H3. The summed E-state index contributed by atoms with van der Waals surface area (Å²) in [6.07, 6.45) is 0. The van der Waals surface area contributed by atoms with Crippen LogP contribution < -0.4 is 4.90 Å². The van der Waals surface area contributed by atoms with Crippen LogP contribution in [-0.4, -0.2) is 31.6 Å². The zero-order valence-electron chi connectivity index (χ0n) is 12.4. The van der Waals surface area contributed by atoms with E-state index in [1.807, 2.05) is 0 Å². The number of nitrogens with zero attached hydrogens (tertiary/aromatic N) is 2. The number of benzene rings is 2. The number of halogens is 1. The van der Waals surface area contributed by atoms with Gasteiger partial charge in [-0.05, 0) is 30.3 Å². The summed E-state index contributed by atoms with van der Waals surface area (Å²) in [6, 6.07) is 20.2. The molecule has 2 nitrogen and oxygen atoms in total. The summed E-state index contributed by atoms with van der Waals surface area (Å²) in [5.74, 6) is 0. The molecule has 1 atom stereocenters. The lowest BCUT2D eigenvalue weighted by Gasteiger charge is -2.42. The maximum absolute atomic E-state index is 3.51. The largest absolute Gasteiger partial charge is 0.362 e. The minimum Gasteiger partial charge on any atom is -0.362 e. The Balaban J connectivity index is 1.90. The molecule has 2 aromatic rings. The minimum atomic E-state index is 0.430. The maximum Gasteiger partial charge on any atom is 0.0669 e. The average molecular weight is 345 g/mol. The molecule has 0 amide bonds. The van der Waals surface area contributed by atoms with E-state index in [2.05, 4.69) is 87.4 Å². The van der Waals surface area contributed by atoms with Crippen LogP contribution in [0, 0.1) is 0 Å². The smallest absolute Gasteiger partial charge is 0.0669 e. The fourth-order valence-corrected chi connectivity index (χ4v) is 3.34. The molecule has 0 N–H and O–H groups in total. The minimum absolute atomic E-state index is 0.430. The first-order valence-corrected chi connectivity index (χ1v) is 8.55. The van der Waals surface area contributed by atoms with E-state index in [0.717, 1.165) is 25.0 Å². The number of rotatable bonds is 3. The Morgan fingerprint density at radius 1 is 1.00 bits per heavy atom. The number of likely N-dealkylation sites (N-methyl/N-ethyl adjacent to an activating group) is 1. The molecule has 3 heteroatoms. The lowest BCUT2D eigenvalue weighted by atomic mass is 10.0. The lowest BCUT2D eigenvalue weighted by Crippen LogP contribution is -2.46. The van der Waals surface area contributed by atoms with Crippen LogP contribution in [0.15, 0.2) is 54.6 Å². The Kier molecular flexibility index (Phi) is 4.61. The first-order valence-electron chi connectivity index (χ1n) is 7.43. The normalized spacial score (nSPS) is 19.7. The molecular formula is C18H21BrN2. The topological polar surface area (TPSA) is 6.48 Å². The van der Waals surface area contributed by atoms with Crippen molar-refractivity contribution in [2.24, 2.45) is 0 Å². The molecule has 0 radical (unpaired) electrons. The van der Waals surface area contributed by atoms with Gasteiger partial charge in [-0.25, -0.2) is 0 Å². The third-order valence-corrected chi connectivity index (χ3v) is 4.84. The van der Waals surface area contributed by atoms with E-state index in [1.165, 1.54) is 16.8 Å². The van der Waals surface area contributed by atoms with E-state index in [0.29, 0.717) is 6.04 Å². The van der Waals surface area contributed by atoms with Crippen LogP contribution in [0.3, 0.4) is 0 Å². The monoisotopic (exact) mass is 344 g/mol. The molecule has 1 fully saturated rings. The predicted octanol–water partition coefficient (Wildman–Crippen LogP) is 4.07. The van der Waals surface area contributed by atoms with Crippen molar-refractivity contribution in [3.8, 4) is 0 Å². The molecule has 1 unspecified atom stereocenters. The van der Waals surface area contributed by atoms with Gasteiger partial charge in [-0.1, -0.05) is 58.4 Å². The second-order valence-corrected chi connectivity index (χ2v) is 6.24. The van der Waals surface area contributed by atoms with Gasteiger partial charge < -0.3 is 9.80 Å². The molecular weight excluding hydrogens is 324 g/mol. The van der Waals surface area contributed by atoms with E-state index in [4.69, 9.17) is 0 Å². The summed E-state index contributed by atoms with van der Waals surface area (Å²) in [5.41, 5.74) is 4.04. The predicted molar refractivity (Wildman–Crippen MR) is 93.1 cm³/mol. The van der Waals surface area contributed by atoms with Gasteiger partial charge >= 0.3 is 0 Å². The average Bonchev–Trinajstić information content (AvgIpc) is 2.56. The Morgan fingerprint density at radius 3 is 2.38 bits per heavy atom. The van der Waals surface area contributed by atoms with Gasteiger partial charge in [0.15, 0.2) is 0 Å². The van der Waals surface area contributed by atoms with Gasteiger partial charge in [0, 0.05) is 30.7 Å². The first-order chi connectivity index (χ1) is 10.3. The zero-order chi connectivity index (χ0) is 14.7. The molecule has 1 aliphatic heterocycles. The summed E-state index contributed by atoms with van der Waals surface area (Å²) >= 11 is 3.51. The van der Waals surface area contributed by atoms with Gasteiger partial charge in [0.2, 0.25) is 0 Å². The van der Waals surface area contributed by atoms with Crippen molar-refractivity contribution in [1.82, 2.24) is 4.90 Å². The van der Waals surface area contributed by atoms with Gasteiger partial charge in [-0.3, -0.25) is 0 Å². The summed E-state index contributed by atoms with van der Waals surface area (Å²) in [5, 5.41) is 0.915. The van der Waals surface area contributed by atoms with E-state index >= 15 is 0 Å². The number of hydrogen-bond acceptors (Lipinski definition) is 2. The van der Waals surface area contributed by atoms with Crippen molar-refractivity contribution in [3.05, 3.63) is 65.7 Å². The molecule has 0 spiro atoms. The Bertz CT molecular complexity index is 568. The SMILES string of the molecule is CN1CCN(c2ccc(CBr)cc2)C(c2ccccc2)C1. The van der Waals surface area contributed by atoms with Crippen LogP contribution in [0.25, 0.3) is 0 Å². The lowest BCUT2D eigenvalue weighted by molar-refractivity contribution is 0.269. The van der Waals surface area contributed by atoms with E-state index < -0.39 is 0 Å². The van der Waals surface area contributed by atoms with Gasteiger partial charge in [-0.15, -0.1) is 0 Å². The Labute approximate surface area is 135 Å². The molecule has 1 aliphatic rings. The molecule has 110 valence electrons. The number of alkyl halides is 1. The van der Waals surface area contributed by atoms with Crippen molar-refractivity contribution in [2.45, 2.75) is 11.4 Å². The van der Waals surface area contributed by atoms with Gasteiger partial charge in [0.1, 0.15) is 0 Å². The maximum atomic E-state index is 3.51. The number of anilines is 1. The van der Waals surface area contributed by atoms with Gasteiger partial charge in [-0.2, -0.15) is 0 Å². The Morgan fingerprint density at radius 2 is 1.71 bits per heavy atom. The van der Waals surface area contributed by atoms with Gasteiger partial charge in [0.05, 0.1) is 6.04 Å². The van der Waals surface area contributed by atoms with Crippen molar-refractivity contribution in [2.75, 3.05) is 31.6 Å². The van der Waals surface area contributed by atoms with Crippen LogP contribution in [0.2, 0.25) is 0 Å². The van der Waals surface area contributed by atoms with Crippen molar-refractivity contribution < 1.29 is 0 Å². The molecule has 0 aromatic heterocycles. The molecule has 1 heterocycles. The van der Waals surface area contributed by atoms with Crippen LogP contribution in [-0.2, 0) is 5.33 Å². The van der Waals surface area contributed by atoms with Gasteiger partial charge in [0.25, 0.3) is 0 Å². The van der Waals surface area contributed by atoms with Crippen molar-refractivity contribution in [1.29, 1.82) is 0 Å². The highest BCUT2D eigenvalue weighted by Crippen LogP contribution is 2.30. The Hall–Kier alpha value is -1.32. The molecule has 1 saturated heterocycles. The highest BCUT2D eigenvalue weighted by atomic mass is 79.9. The van der Waals surface area contributed by atoms with Crippen LogP contribution in [0.4, 0.5) is 5.69 Å². The summed E-state index contributed by atoms with van der Waals surface area (Å²) in [7, 11) is 2.21. The van der Waals surface area contributed by atoms with E-state index in [9.17, 15) is 0 Å². The van der Waals surface area contributed by atoms with Crippen LogP contribution in [0.5, 0.6) is 0 Å². The van der Waals surface area contributed by atoms with E-state index in [-0.39, 0.29) is 0 Å². The molecule has 21 heavy (non-hydrogen) atoms. The molecule has 3 rings (SSSR count). The molecule has 0 saturated carbocycles. The quantitative estimate of drug-likeness (QED) is 0.774. The fraction of sp³-hybridized carbons (Fsp3) is 0.333. The van der Waals surface area contributed by atoms with Crippen LogP contribution in [0.1, 0.15) is 17.2 Å². The molecule has 0 bridgehead atoms. The molecule has 0 aliphatic carbocycles. The molecule has 2 aromatic carbocycles. The van der Waals surface area contributed by atoms with Crippen molar-refractivity contribution >= 4 is 21.6 Å². The fourth-order valence-electron chi connectivity index (χ4n) is 2.97. The zero-order valence-corrected chi connectivity index (χ0v) is 14.0. The first kappa shape index (κ1) is 14.6. The highest BCUT2D eigenvalue weighted by Gasteiger charge is 2.26. The summed E-state index contributed by atoms with van der Waals surface area (Å²) in [4.78, 5) is 4.95. The highest BCUT2D eigenvalue weighted by molar-refractivity contribution is 9.08. The second-order valence-electron chi connectivity index (χ2n) is 5.68. The summed E-state index contributed by atoms with van der Waals surface area (Å²) in [6.45, 7) is 3.26. The third kappa shape index (κ3) is 3.30. The second kappa shape index (κ2) is 6.63.